The highest BCUT2D eigenvalue weighted by atomic mass is 35.5. The smallest absolute Gasteiger partial charge is 0.253 e. The average Bonchev–Trinajstić information content (AvgIpc) is 3.25. The molecule has 1 heterocycles. The van der Waals surface area contributed by atoms with E-state index >= 15 is 0 Å². The first-order valence-corrected chi connectivity index (χ1v) is 11.7. The highest BCUT2D eigenvalue weighted by molar-refractivity contribution is 7.14. The molecule has 0 bridgehead atoms. The molecule has 1 N–H and O–H groups in total. The molecule has 0 aliphatic rings. The van der Waals surface area contributed by atoms with E-state index in [1.54, 1.807) is 29.2 Å². The number of aryl methyl sites for hydroxylation is 1. The van der Waals surface area contributed by atoms with Crippen LogP contribution in [0.5, 0.6) is 0 Å². The van der Waals surface area contributed by atoms with Crippen molar-refractivity contribution in [3.8, 4) is 0 Å². The summed E-state index contributed by atoms with van der Waals surface area (Å²) in [5.41, 5.74) is 2.76. The van der Waals surface area contributed by atoms with Crippen LogP contribution in [-0.2, 0) is 4.79 Å². The number of rotatable bonds is 7. The number of halogens is 1. The number of thiazole rings is 1. The Morgan fingerprint density at radius 1 is 0.970 bits per heavy atom. The van der Waals surface area contributed by atoms with E-state index in [-0.39, 0.29) is 18.2 Å². The van der Waals surface area contributed by atoms with Crippen molar-refractivity contribution in [1.82, 2.24) is 10.3 Å². The summed E-state index contributed by atoms with van der Waals surface area (Å²) in [6, 6.07) is 25.2. The third kappa shape index (κ3) is 5.48. The van der Waals surface area contributed by atoms with Gasteiger partial charge in [-0.2, -0.15) is 0 Å². The molecule has 33 heavy (non-hydrogen) atoms. The van der Waals surface area contributed by atoms with E-state index < -0.39 is 6.04 Å². The molecule has 7 heteroatoms. The molecule has 0 aliphatic heterocycles. The Kier molecular flexibility index (Phi) is 7.17. The van der Waals surface area contributed by atoms with E-state index in [0.717, 1.165) is 16.9 Å². The van der Waals surface area contributed by atoms with Gasteiger partial charge >= 0.3 is 0 Å². The van der Waals surface area contributed by atoms with E-state index in [1.165, 1.54) is 11.3 Å². The Morgan fingerprint density at radius 3 is 2.24 bits per heavy atom. The Bertz CT molecular complexity index is 1240. The molecule has 2 amide bonds. The number of hydrogen-bond donors (Lipinski definition) is 1. The predicted molar refractivity (Wildman–Crippen MR) is 133 cm³/mol. The van der Waals surface area contributed by atoms with Gasteiger partial charge < -0.3 is 5.32 Å². The number of amides is 2. The summed E-state index contributed by atoms with van der Waals surface area (Å²) in [4.78, 5) is 32.8. The first kappa shape index (κ1) is 22.7. The Morgan fingerprint density at radius 2 is 1.61 bits per heavy atom. The molecule has 1 aromatic heterocycles. The minimum absolute atomic E-state index is 0.0493. The van der Waals surface area contributed by atoms with E-state index in [9.17, 15) is 9.59 Å². The lowest BCUT2D eigenvalue weighted by atomic mass is 10.0. The van der Waals surface area contributed by atoms with Gasteiger partial charge in [0.2, 0.25) is 5.91 Å². The summed E-state index contributed by atoms with van der Waals surface area (Å²) in [5, 5.41) is 5.85. The van der Waals surface area contributed by atoms with Gasteiger partial charge in [-0.1, -0.05) is 72.3 Å². The molecule has 0 aliphatic carbocycles. The number of para-hydroxylation sites is 1. The average molecular weight is 476 g/mol. The Labute approximate surface area is 201 Å². The zero-order chi connectivity index (χ0) is 23.2. The van der Waals surface area contributed by atoms with E-state index in [2.05, 4.69) is 10.3 Å². The van der Waals surface area contributed by atoms with Crippen LogP contribution in [0.3, 0.4) is 0 Å². The molecule has 166 valence electrons. The number of anilines is 2. The molecule has 0 radical (unpaired) electrons. The zero-order valence-corrected chi connectivity index (χ0v) is 19.5. The fraction of sp³-hybridized carbons (Fsp3) is 0.115. The molecule has 0 saturated carbocycles. The van der Waals surface area contributed by atoms with Gasteiger partial charge in [0.15, 0.2) is 5.13 Å². The van der Waals surface area contributed by atoms with Crippen molar-refractivity contribution in [3.05, 3.63) is 112 Å². The van der Waals surface area contributed by atoms with Gasteiger partial charge in [-0.15, -0.1) is 11.3 Å². The summed E-state index contributed by atoms with van der Waals surface area (Å²) >= 11 is 7.63. The molecule has 4 aromatic rings. The van der Waals surface area contributed by atoms with Crippen molar-refractivity contribution in [1.29, 1.82) is 0 Å². The van der Waals surface area contributed by atoms with Gasteiger partial charge in [0.05, 0.1) is 34.4 Å². The highest BCUT2D eigenvalue weighted by Crippen LogP contribution is 2.31. The van der Waals surface area contributed by atoms with Gasteiger partial charge in [-0.05, 0) is 36.8 Å². The number of nitrogens with zero attached hydrogens (tertiary/aromatic N) is 2. The first-order valence-electron chi connectivity index (χ1n) is 10.4. The van der Waals surface area contributed by atoms with Gasteiger partial charge in [-0.3, -0.25) is 14.5 Å². The standard InChI is InChI=1S/C26H22ClN3O2S/c1-18-17-33-26(28-18)30(20-12-6-3-7-13-20)24(31)16-23(19-10-4-2-5-11-19)29-25(32)21-14-8-9-15-22(21)27/h2-15,17,23H,16H2,1H3,(H,29,32). The second-order valence-corrected chi connectivity index (χ2v) is 8.70. The lowest BCUT2D eigenvalue weighted by molar-refractivity contribution is -0.118. The van der Waals surface area contributed by atoms with E-state index in [1.807, 2.05) is 73.0 Å². The van der Waals surface area contributed by atoms with Gasteiger partial charge in [0.1, 0.15) is 0 Å². The minimum Gasteiger partial charge on any atom is -0.345 e. The molecular weight excluding hydrogens is 454 g/mol. The molecule has 5 nitrogen and oxygen atoms in total. The number of carbonyl (C=O) groups is 2. The molecule has 1 unspecified atom stereocenters. The van der Waals surface area contributed by atoms with Crippen LogP contribution < -0.4 is 10.2 Å². The third-order valence-corrected chi connectivity index (χ3v) is 6.34. The lowest BCUT2D eigenvalue weighted by Gasteiger charge is -2.24. The molecule has 0 spiro atoms. The highest BCUT2D eigenvalue weighted by Gasteiger charge is 2.26. The normalized spacial score (nSPS) is 11.6. The zero-order valence-electron chi connectivity index (χ0n) is 17.9. The quantitative estimate of drug-likeness (QED) is 0.339. The maximum atomic E-state index is 13.6. The van der Waals surface area contributed by atoms with Crippen LogP contribution >= 0.6 is 22.9 Å². The second-order valence-electron chi connectivity index (χ2n) is 7.46. The van der Waals surface area contributed by atoms with Crippen molar-refractivity contribution in [2.45, 2.75) is 19.4 Å². The fourth-order valence-corrected chi connectivity index (χ4v) is 4.53. The van der Waals surface area contributed by atoms with Crippen LogP contribution in [0.25, 0.3) is 0 Å². The molecular formula is C26H22ClN3O2S. The van der Waals surface area contributed by atoms with Crippen molar-refractivity contribution >= 4 is 45.6 Å². The SMILES string of the molecule is Cc1csc(N(C(=O)CC(NC(=O)c2ccccc2Cl)c2ccccc2)c2ccccc2)n1. The Hall–Kier alpha value is -3.48. The van der Waals surface area contributed by atoms with E-state index in [0.29, 0.717) is 15.7 Å². The Balaban J connectivity index is 1.65. The number of benzene rings is 3. The fourth-order valence-electron chi connectivity index (χ4n) is 3.47. The maximum Gasteiger partial charge on any atom is 0.253 e. The topological polar surface area (TPSA) is 62.3 Å². The van der Waals surface area contributed by atoms with Gasteiger partial charge in [0.25, 0.3) is 5.91 Å². The molecule has 4 rings (SSSR count). The van der Waals surface area contributed by atoms with Crippen LogP contribution in [0.2, 0.25) is 5.02 Å². The van der Waals surface area contributed by atoms with Crippen molar-refractivity contribution in [3.63, 3.8) is 0 Å². The number of carbonyl (C=O) groups excluding carboxylic acids is 2. The summed E-state index contributed by atoms with van der Waals surface area (Å²) in [7, 11) is 0. The lowest BCUT2D eigenvalue weighted by Crippen LogP contribution is -2.34. The van der Waals surface area contributed by atoms with Gasteiger partial charge in [-0.25, -0.2) is 4.98 Å². The summed E-state index contributed by atoms with van der Waals surface area (Å²) in [5.74, 6) is -0.512. The monoisotopic (exact) mass is 475 g/mol. The number of nitrogens with one attached hydrogen (secondary N) is 1. The summed E-state index contributed by atoms with van der Waals surface area (Å²) in [6.07, 6.45) is 0.0493. The van der Waals surface area contributed by atoms with Crippen LogP contribution in [0.15, 0.2) is 90.3 Å². The summed E-state index contributed by atoms with van der Waals surface area (Å²) < 4.78 is 0. The maximum absolute atomic E-state index is 13.6. The minimum atomic E-state index is -0.547. The molecule has 1 atom stereocenters. The molecule has 0 saturated heterocycles. The number of hydrogen-bond acceptors (Lipinski definition) is 4. The van der Waals surface area contributed by atoms with Crippen LogP contribution in [-0.4, -0.2) is 16.8 Å². The summed E-state index contributed by atoms with van der Waals surface area (Å²) in [6.45, 7) is 1.89. The van der Waals surface area contributed by atoms with Crippen LogP contribution in [0.1, 0.15) is 34.1 Å². The number of aromatic nitrogens is 1. The van der Waals surface area contributed by atoms with Crippen LogP contribution in [0, 0.1) is 6.92 Å². The molecule has 0 fully saturated rings. The largest absolute Gasteiger partial charge is 0.345 e. The van der Waals surface area contributed by atoms with Gasteiger partial charge in [0, 0.05) is 5.38 Å². The molecule has 3 aromatic carbocycles. The van der Waals surface area contributed by atoms with Crippen molar-refractivity contribution < 1.29 is 9.59 Å². The third-order valence-electron chi connectivity index (χ3n) is 5.07. The van der Waals surface area contributed by atoms with Crippen molar-refractivity contribution in [2.75, 3.05) is 4.90 Å². The predicted octanol–water partition coefficient (Wildman–Crippen LogP) is 6.33. The van der Waals surface area contributed by atoms with Crippen molar-refractivity contribution in [2.24, 2.45) is 0 Å². The first-order chi connectivity index (χ1) is 16.0. The van der Waals surface area contributed by atoms with Crippen LogP contribution in [0.4, 0.5) is 10.8 Å². The second kappa shape index (κ2) is 10.4. The van der Waals surface area contributed by atoms with E-state index in [4.69, 9.17) is 11.6 Å².